The van der Waals surface area contributed by atoms with Gasteiger partial charge in [-0.05, 0) is 21.5 Å². The molecule has 106 valence electrons. The summed E-state index contributed by atoms with van der Waals surface area (Å²) < 4.78 is 5.91. The van der Waals surface area contributed by atoms with Crippen LogP contribution in [-0.2, 0) is 5.41 Å². The van der Waals surface area contributed by atoms with Crippen LogP contribution in [0.1, 0.15) is 19.4 Å². The third kappa shape index (κ3) is 3.48. The maximum atomic E-state index is 5.16. The lowest BCUT2D eigenvalue weighted by Crippen LogP contribution is -2.28. The van der Waals surface area contributed by atoms with E-state index in [2.05, 4.69) is 69.3 Å². The molecule has 0 atom stereocenters. The van der Waals surface area contributed by atoms with E-state index in [0.29, 0.717) is 11.8 Å². The van der Waals surface area contributed by atoms with Crippen molar-refractivity contribution in [2.24, 2.45) is 0 Å². The summed E-state index contributed by atoms with van der Waals surface area (Å²) in [5, 5.41) is 3.26. The SMILES string of the molecule is COc1nc(NCC(C)(C)c2ccccc2)ncc1Br. The lowest BCUT2D eigenvalue weighted by Gasteiger charge is -2.25. The Hall–Kier alpha value is -1.62. The van der Waals surface area contributed by atoms with Gasteiger partial charge in [-0.3, -0.25) is 0 Å². The first kappa shape index (κ1) is 14.8. The third-order valence-corrected chi connectivity index (χ3v) is 3.69. The van der Waals surface area contributed by atoms with Crippen LogP contribution in [0.25, 0.3) is 0 Å². The normalized spacial score (nSPS) is 11.2. The van der Waals surface area contributed by atoms with Crippen molar-refractivity contribution in [2.45, 2.75) is 19.3 Å². The van der Waals surface area contributed by atoms with E-state index in [0.717, 1.165) is 11.0 Å². The second-order valence-corrected chi connectivity index (χ2v) is 6.01. The Balaban J connectivity index is 2.08. The van der Waals surface area contributed by atoms with Crippen LogP contribution in [0.2, 0.25) is 0 Å². The smallest absolute Gasteiger partial charge is 0.232 e. The van der Waals surface area contributed by atoms with Crippen molar-refractivity contribution in [3.8, 4) is 5.88 Å². The third-order valence-electron chi connectivity index (χ3n) is 3.15. The molecule has 1 aromatic heterocycles. The molecule has 20 heavy (non-hydrogen) atoms. The fraction of sp³-hybridized carbons (Fsp3) is 0.333. The van der Waals surface area contributed by atoms with Crippen LogP contribution >= 0.6 is 15.9 Å². The Labute approximate surface area is 127 Å². The molecular formula is C15H18BrN3O. The van der Waals surface area contributed by atoms with Crippen molar-refractivity contribution in [1.82, 2.24) is 9.97 Å². The number of ether oxygens (including phenoxy) is 1. The van der Waals surface area contributed by atoms with Crippen LogP contribution in [0.4, 0.5) is 5.95 Å². The fourth-order valence-electron chi connectivity index (χ4n) is 1.87. The number of hydrogen-bond donors (Lipinski definition) is 1. The number of nitrogens with one attached hydrogen (secondary N) is 1. The van der Waals surface area contributed by atoms with Gasteiger partial charge in [-0.2, -0.15) is 4.98 Å². The van der Waals surface area contributed by atoms with Crippen molar-refractivity contribution in [3.63, 3.8) is 0 Å². The Kier molecular flexibility index (Phi) is 4.60. The molecule has 0 unspecified atom stereocenters. The molecule has 5 heteroatoms. The van der Waals surface area contributed by atoms with Crippen molar-refractivity contribution in [1.29, 1.82) is 0 Å². The first-order chi connectivity index (χ1) is 9.53. The molecule has 0 fully saturated rings. The molecule has 0 saturated carbocycles. The molecule has 2 aromatic rings. The van der Waals surface area contributed by atoms with Crippen LogP contribution in [0.3, 0.4) is 0 Å². The average molecular weight is 336 g/mol. The molecule has 2 rings (SSSR count). The van der Waals surface area contributed by atoms with Gasteiger partial charge in [-0.25, -0.2) is 4.98 Å². The molecule has 0 aliphatic carbocycles. The number of aromatic nitrogens is 2. The number of methoxy groups -OCH3 is 1. The van der Waals surface area contributed by atoms with E-state index in [1.807, 2.05) is 6.07 Å². The van der Waals surface area contributed by atoms with Gasteiger partial charge < -0.3 is 10.1 Å². The summed E-state index contributed by atoms with van der Waals surface area (Å²) in [5.41, 5.74) is 1.27. The first-order valence-corrected chi connectivity index (χ1v) is 7.18. The van der Waals surface area contributed by atoms with Gasteiger partial charge in [-0.15, -0.1) is 0 Å². The predicted octanol–water partition coefficient (Wildman–Crippen LogP) is 3.64. The number of nitrogens with zero attached hydrogens (tertiary/aromatic N) is 2. The van der Waals surface area contributed by atoms with Gasteiger partial charge in [0.1, 0.15) is 0 Å². The number of rotatable bonds is 5. The summed E-state index contributed by atoms with van der Waals surface area (Å²) >= 11 is 3.34. The zero-order valence-corrected chi connectivity index (χ0v) is 13.4. The molecular weight excluding hydrogens is 318 g/mol. The Bertz CT molecular complexity index is 573. The monoisotopic (exact) mass is 335 g/mol. The number of benzene rings is 1. The van der Waals surface area contributed by atoms with E-state index in [-0.39, 0.29) is 5.41 Å². The highest BCUT2D eigenvalue weighted by Crippen LogP contribution is 2.25. The van der Waals surface area contributed by atoms with Gasteiger partial charge in [0.25, 0.3) is 0 Å². The van der Waals surface area contributed by atoms with Crippen LogP contribution in [-0.4, -0.2) is 23.6 Å². The molecule has 1 N–H and O–H groups in total. The zero-order valence-electron chi connectivity index (χ0n) is 11.9. The summed E-state index contributed by atoms with van der Waals surface area (Å²) in [6, 6.07) is 10.4. The minimum Gasteiger partial charge on any atom is -0.480 e. The highest BCUT2D eigenvalue weighted by atomic mass is 79.9. The molecule has 0 aliphatic heterocycles. The molecule has 0 aliphatic rings. The molecule has 0 bridgehead atoms. The predicted molar refractivity (Wildman–Crippen MR) is 84.2 cm³/mol. The van der Waals surface area contributed by atoms with E-state index in [1.165, 1.54) is 5.56 Å². The quantitative estimate of drug-likeness (QED) is 0.906. The highest BCUT2D eigenvalue weighted by Gasteiger charge is 2.20. The Morgan fingerprint density at radius 3 is 2.60 bits per heavy atom. The second kappa shape index (κ2) is 6.22. The minimum absolute atomic E-state index is 0.00900. The first-order valence-electron chi connectivity index (χ1n) is 6.39. The van der Waals surface area contributed by atoms with Crippen LogP contribution in [0.15, 0.2) is 41.0 Å². The molecule has 0 radical (unpaired) electrons. The highest BCUT2D eigenvalue weighted by molar-refractivity contribution is 9.10. The maximum absolute atomic E-state index is 5.16. The fourth-order valence-corrected chi connectivity index (χ4v) is 2.22. The molecule has 1 heterocycles. The summed E-state index contributed by atoms with van der Waals surface area (Å²) in [6.07, 6.45) is 1.68. The lowest BCUT2D eigenvalue weighted by molar-refractivity contribution is 0.394. The standard InChI is InChI=1S/C15H18BrN3O/c1-15(2,11-7-5-4-6-8-11)10-18-14-17-9-12(16)13(19-14)20-3/h4-9H,10H2,1-3H3,(H,17,18,19). The lowest BCUT2D eigenvalue weighted by atomic mass is 9.85. The van der Waals surface area contributed by atoms with E-state index < -0.39 is 0 Å². The van der Waals surface area contributed by atoms with Crippen LogP contribution < -0.4 is 10.1 Å². The van der Waals surface area contributed by atoms with Crippen LogP contribution in [0.5, 0.6) is 5.88 Å². The number of halogens is 1. The average Bonchev–Trinajstić information content (AvgIpc) is 2.47. The maximum Gasteiger partial charge on any atom is 0.232 e. The largest absolute Gasteiger partial charge is 0.480 e. The van der Waals surface area contributed by atoms with Crippen molar-refractivity contribution in [2.75, 3.05) is 19.0 Å². The summed E-state index contributed by atoms with van der Waals surface area (Å²) in [7, 11) is 1.59. The van der Waals surface area contributed by atoms with Gasteiger partial charge in [-0.1, -0.05) is 44.2 Å². The topological polar surface area (TPSA) is 47.0 Å². The molecule has 1 aromatic carbocycles. The van der Waals surface area contributed by atoms with E-state index >= 15 is 0 Å². The van der Waals surface area contributed by atoms with Crippen molar-refractivity contribution >= 4 is 21.9 Å². The Morgan fingerprint density at radius 1 is 1.25 bits per heavy atom. The number of anilines is 1. The summed E-state index contributed by atoms with van der Waals surface area (Å²) in [6.45, 7) is 5.11. The van der Waals surface area contributed by atoms with Gasteiger partial charge in [0.15, 0.2) is 0 Å². The zero-order chi connectivity index (χ0) is 14.6. The van der Waals surface area contributed by atoms with Crippen LogP contribution in [0, 0.1) is 0 Å². The number of hydrogen-bond acceptors (Lipinski definition) is 4. The second-order valence-electron chi connectivity index (χ2n) is 5.15. The van der Waals surface area contributed by atoms with Gasteiger partial charge >= 0.3 is 0 Å². The molecule has 0 amide bonds. The van der Waals surface area contributed by atoms with Crippen molar-refractivity contribution < 1.29 is 4.74 Å². The van der Waals surface area contributed by atoms with Crippen molar-refractivity contribution in [3.05, 3.63) is 46.6 Å². The van der Waals surface area contributed by atoms with E-state index in [4.69, 9.17) is 4.74 Å². The van der Waals surface area contributed by atoms with E-state index in [9.17, 15) is 0 Å². The van der Waals surface area contributed by atoms with Gasteiger partial charge in [0, 0.05) is 12.0 Å². The molecule has 4 nitrogen and oxygen atoms in total. The molecule has 0 spiro atoms. The van der Waals surface area contributed by atoms with Gasteiger partial charge in [0.05, 0.1) is 17.8 Å². The minimum atomic E-state index is -0.00900. The molecule has 0 saturated heterocycles. The van der Waals surface area contributed by atoms with E-state index in [1.54, 1.807) is 13.3 Å². The Morgan fingerprint density at radius 2 is 1.95 bits per heavy atom. The summed E-state index contributed by atoms with van der Waals surface area (Å²) in [4.78, 5) is 8.53. The van der Waals surface area contributed by atoms with Gasteiger partial charge in [0.2, 0.25) is 11.8 Å². The summed E-state index contributed by atoms with van der Waals surface area (Å²) in [5.74, 6) is 1.09.